The van der Waals surface area contributed by atoms with E-state index < -0.39 is 0 Å². The number of hydrogen-bond donors (Lipinski definition) is 1. The molecule has 1 fully saturated rings. The van der Waals surface area contributed by atoms with Crippen molar-refractivity contribution in [2.75, 3.05) is 25.5 Å². The summed E-state index contributed by atoms with van der Waals surface area (Å²) in [5.41, 5.74) is 1.72. The van der Waals surface area contributed by atoms with E-state index in [1.165, 1.54) is 12.8 Å². The maximum Gasteiger partial charge on any atom is 0.254 e. The predicted molar refractivity (Wildman–Crippen MR) is 86.8 cm³/mol. The summed E-state index contributed by atoms with van der Waals surface area (Å²) in [6.45, 7) is 8.07. The van der Waals surface area contributed by atoms with Crippen molar-refractivity contribution in [3.63, 3.8) is 0 Å². The summed E-state index contributed by atoms with van der Waals surface area (Å²) < 4.78 is 0. The van der Waals surface area contributed by atoms with E-state index in [-0.39, 0.29) is 5.91 Å². The van der Waals surface area contributed by atoms with Gasteiger partial charge in [0.15, 0.2) is 0 Å². The van der Waals surface area contributed by atoms with Gasteiger partial charge in [0.25, 0.3) is 5.91 Å². The summed E-state index contributed by atoms with van der Waals surface area (Å²) in [6.07, 6.45) is 3.53. The third kappa shape index (κ3) is 4.19. The molecule has 0 spiro atoms. The van der Waals surface area contributed by atoms with Crippen LogP contribution in [0.3, 0.4) is 0 Å². The molecule has 0 bridgehead atoms. The van der Waals surface area contributed by atoms with Crippen LogP contribution in [0.5, 0.6) is 0 Å². The SMILES string of the molecule is CCCN(CC1CC1)C(=O)c1cc(NC)nc(C(C)C)c1. The van der Waals surface area contributed by atoms with Crippen molar-refractivity contribution in [3.05, 3.63) is 23.4 Å². The summed E-state index contributed by atoms with van der Waals surface area (Å²) in [5, 5.41) is 3.06. The maximum absolute atomic E-state index is 12.8. The molecule has 1 amide bonds. The van der Waals surface area contributed by atoms with Gasteiger partial charge in [0.2, 0.25) is 0 Å². The first-order valence-corrected chi connectivity index (χ1v) is 8.04. The van der Waals surface area contributed by atoms with Gasteiger partial charge in [-0.15, -0.1) is 0 Å². The van der Waals surface area contributed by atoms with Crippen LogP contribution in [-0.4, -0.2) is 35.9 Å². The minimum absolute atomic E-state index is 0.143. The van der Waals surface area contributed by atoms with Gasteiger partial charge in [0.05, 0.1) is 0 Å². The Bertz CT molecular complexity index is 495. The van der Waals surface area contributed by atoms with Crippen LogP contribution < -0.4 is 5.32 Å². The van der Waals surface area contributed by atoms with Crippen LogP contribution in [0.25, 0.3) is 0 Å². The van der Waals surface area contributed by atoms with Crippen molar-refractivity contribution < 1.29 is 4.79 Å². The van der Waals surface area contributed by atoms with Crippen LogP contribution in [0.1, 0.15) is 62.0 Å². The molecular weight excluding hydrogens is 262 g/mol. The van der Waals surface area contributed by atoms with Gasteiger partial charge >= 0.3 is 0 Å². The third-order valence-corrected chi connectivity index (χ3v) is 3.90. The Morgan fingerprint density at radius 3 is 2.67 bits per heavy atom. The topological polar surface area (TPSA) is 45.2 Å². The van der Waals surface area contributed by atoms with E-state index in [1.807, 2.05) is 24.1 Å². The minimum atomic E-state index is 0.143. The summed E-state index contributed by atoms with van der Waals surface area (Å²) in [6, 6.07) is 3.81. The van der Waals surface area contributed by atoms with Crippen LogP contribution in [0.4, 0.5) is 5.82 Å². The molecule has 1 saturated carbocycles. The van der Waals surface area contributed by atoms with Crippen molar-refractivity contribution >= 4 is 11.7 Å². The molecule has 1 heterocycles. The Hall–Kier alpha value is -1.58. The number of aromatic nitrogens is 1. The van der Waals surface area contributed by atoms with Crippen molar-refractivity contribution in [3.8, 4) is 0 Å². The lowest BCUT2D eigenvalue weighted by Gasteiger charge is -2.23. The number of pyridine rings is 1. The highest BCUT2D eigenvalue weighted by Gasteiger charge is 2.27. The highest BCUT2D eigenvalue weighted by Crippen LogP contribution is 2.30. The average molecular weight is 289 g/mol. The van der Waals surface area contributed by atoms with Gasteiger partial charge in [0.1, 0.15) is 5.82 Å². The second kappa shape index (κ2) is 6.92. The highest BCUT2D eigenvalue weighted by molar-refractivity contribution is 5.95. The quantitative estimate of drug-likeness (QED) is 0.835. The van der Waals surface area contributed by atoms with E-state index >= 15 is 0 Å². The van der Waals surface area contributed by atoms with Gasteiger partial charge in [-0.25, -0.2) is 4.98 Å². The predicted octanol–water partition coefficient (Wildman–Crippen LogP) is 3.51. The molecule has 4 nitrogen and oxygen atoms in total. The molecule has 4 heteroatoms. The number of nitrogens with one attached hydrogen (secondary N) is 1. The molecule has 0 atom stereocenters. The van der Waals surface area contributed by atoms with Gasteiger partial charge in [0, 0.05) is 31.4 Å². The molecule has 0 aromatic carbocycles. The maximum atomic E-state index is 12.8. The number of carbonyl (C=O) groups excluding carboxylic acids is 1. The van der Waals surface area contributed by atoms with Crippen molar-refractivity contribution in [2.45, 2.75) is 46.0 Å². The smallest absolute Gasteiger partial charge is 0.254 e. The molecule has 116 valence electrons. The summed E-state index contributed by atoms with van der Waals surface area (Å²) in [5.74, 6) is 1.94. The average Bonchev–Trinajstić information content (AvgIpc) is 3.29. The molecule has 0 radical (unpaired) electrons. The standard InChI is InChI=1S/C17H27N3O/c1-5-8-20(11-13-6-7-13)17(21)14-9-15(12(2)3)19-16(10-14)18-4/h9-10,12-13H,5-8,11H2,1-4H3,(H,18,19). The van der Waals surface area contributed by atoms with E-state index in [2.05, 4.69) is 31.1 Å². The molecule has 2 rings (SSSR count). The summed E-state index contributed by atoms with van der Waals surface area (Å²) >= 11 is 0. The number of hydrogen-bond acceptors (Lipinski definition) is 3. The zero-order valence-corrected chi connectivity index (χ0v) is 13.6. The lowest BCUT2D eigenvalue weighted by atomic mass is 10.1. The minimum Gasteiger partial charge on any atom is -0.373 e. The van der Waals surface area contributed by atoms with E-state index in [0.717, 1.165) is 42.5 Å². The number of amides is 1. The molecule has 0 aliphatic heterocycles. The van der Waals surface area contributed by atoms with E-state index in [4.69, 9.17) is 0 Å². The Kier molecular flexibility index (Phi) is 5.21. The molecule has 1 aromatic heterocycles. The van der Waals surface area contributed by atoms with Crippen molar-refractivity contribution in [2.24, 2.45) is 5.92 Å². The lowest BCUT2D eigenvalue weighted by molar-refractivity contribution is 0.0747. The molecule has 21 heavy (non-hydrogen) atoms. The van der Waals surface area contributed by atoms with Crippen molar-refractivity contribution in [1.29, 1.82) is 0 Å². The number of carbonyl (C=O) groups is 1. The first kappa shape index (κ1) is 15.8. The zero-order chi connectivity index (χ0) is 15.4. The molecule has 1 N–H and O–H groups in total. The van der Waals surface area contributed by atoms with Gasteiger partial charge in [-0.3, -0.25) is 4.79 Å². The van der Waals surface area contributed by atoms with Crippen molar-refractivity contribution in [1.82, 2.24) is 9.88 Å². The van der Waals surface area contributed by atoms with Gasteiger partial charge in [-0.05, 0) is 43.2 Å². The number of rotatable bonds is 7. The Labute approximate surface area is 127 Å². The zero-order valence-electron chi connectivity index (χ0n) is 13.6. The summed E-state index contributed by atoms with van der Waals surface area (Å²) in [4.78, 5) is 19.4. The van der Waals surface area contributed by atoms with Crippen LogP contribution in [0, 0.1) is 5.92 Å². The van der Waals surface area contributed by atoms with E-state index in [9.17, 15) is 4.79 Å². The van der Waals surface area contributed by atoms with E-state index in [1.54, 1.807) is 0 Å². The first-order chi connectivity index (χ1) is 10.0. The number of anilines is 1. The largest absolute Gasteiger partial charge is 0.373 e. The second-order valence-corrected chi connectivity index (χ2v) is 6.27. The molecular formula is C17H27N3O. The van der Waals surface area contributed by atoms with Crippen LogP contribution >= 0.6 is 0 Å². The molecule has 1 aliphatic carbocycles. The fourth-order valence-corrected chi connectivity index (χ4v) is 2.44. The van der Waals surface area contributed by atoms with Crippen LogP contribution in [-0.2, 0) is 0 Å². The lowest BCUT2D eigenvalue weighted by Crippen LogP contribution is -2.33. The van der Waals surface area contributed by atoms with Gasteiger partial charge in [-0.1, -0.05) is 20.8 Å². The van der Waals surface area contributed by atoms with E-state index in [0.29, 0.717) is 5.92 Å². The molecule has 0 saturated heterocycles. The third-order valence-electron chi connectivity index (χ3n) is 3.90. The van der Waals surface area contributed by atoms with Gasteiger partial charge in [-0.2, -0.15) is 0 Å². The monoisotopic (exact) mass is 289 g/mol. The molecule has 1 aromatic rings. The first-order valence-electron chi connectivity index (χ1n) is 8.04. The highest BCUT2D eigenvalue weighted by atomic mass is 16.2. The molecule has 0 unspecified atom stereocenters. The van der Waals surface area contributed by atoms with Crippen LogP contribution in [0.2, 0.25) is 0 Å². The second-order valence-electron chi connectivity index (χ2n) is 6.27. The molecule has 1 aliphatic rings. The van der Waals surface area contributed by atoms with Gasteiger partial charge < -0.3 is 10.2 Å². The summed E-state index contributed by atoms with van der Waals surface area (Å²) in [7, 11) is 1.84. The Morgan fingerprint density at radius 1 is 1.43 bits per heavy atom. The Morgan fingerprint density at radius 2 is 2.14 bits per heavy atom. The Balaban J connectivity index is 2.24. The number of nitrogens with zero attached hydrogens (tertiary/aromatic N) is 2. The fourth-order valence-electron chi connectivity index (χ4n) is 2.44. The van der Waals surface area contributed by atoms with Crippen LogP contribution in [0.15, 0.2) is 12.1 Å². The normalized spacial score (nSPS) is 14.3. The fraction of sp³-hybridized carbons (Fsp3) is 0.647.